The number of oxime groups is 1. The molecule has 0 spiro atoms. The van der Waals surface area contributed by atoms with Gasteiger partial charge in [0.2, 0.25) is 0 Å². The molecule has 0 saturated heterocycles. The number of terminal acetylenes is 1. The lowest BCUT2D eigenvalue weighted by molar-refractivity contribution is 0.168. The number of nitrogens with zero attached hydrogens (tertiary/aromatic N) is 3. The Morgan fingerprint density at radius 3 is 2.32 bits per heavy atom. The molecule has 7 heteroatoms. The minimum atomic E-state index is -0.00892. The van der Waals surface area contributed by atoms with E-state index in [1.54, 1.807) is 13.3 Å². The van der Waals surface area contributed by atoms with Crippen molar-refractivity contribution < 1.29 is 14.3 Å². The van der Waals surface area contributed by atoms with Gasteiger partial charge in [0, 0.05) is 23.3 Å². The number of nitrogens with one attached hydrogen (secondary N) is 1. The lowest BCUT2D eigenvalue weighted by atomic mass is 10.1. The summed E-state index contributed by atoms with van der Waals surface area (Å²) in [6, 6.07) is 13.7. The van der Waals surface area contributed by atoms with Gasteiger partial charge in [-0.15, -0.1) is 12.8 Å². The summed E-state index contributed by atoms with van der Waals surface area (Å²) in [6.45, 7) is 14.4. The summed E-state index contributed by atoms with van der Waals surface area (Å²) in [5, 5.41) is 18.0. The molecule has 41 heavy (non-hydrogen) atoms. The number of methoxy groups -OCH3 is 1. The highest BCUT2D eigenvalue weighted by Crippen LogP contribution is 2.37. The Bertz CT molecular complexity index is 1400. The molecule has 0 atom stereocenters. The zero-order chi connectivity index (χ0) is 30.8. The molecular formula is C34H42N4O3. The highest BCUT2D eigenvalue weighted by atomic mass is 16.6. The van der Waals surface area contributed by atoms with Gasteiger partial charge in [-0.25, -0.2) is 0 Å². The summed E-state index contributed by atoms with van der Waals surface area (Å²) in [7, 11) is 1.59. The molecule has 2 aromatic carbocycles. The maximum absolute atomic E-state index is 9.69. The van der Waals surface area contributed by atoms with Crippen molar-refractivity contribution >= 4 is 28.0 Å². The Morgan fingerprint density at radius 2 is 1.80 bits per heavy atom. The minimum Gasteiger partial charge on any atom is -0.493 e. The number of anilines is 2. The minimum absolute atomic E-state index is 0.00892. The Kier molecular flexibility index (Phi) is 15.5. The van der Waals surface area contributed by atoms with Crippen molar-refractivity contribution in [1.29, 1.82) is 5.26 Å². The van der Waals surface area contributed by atoms with Crippen LogP contribution in [0.1, 0.15) is 66.0 Å². The fraction of sp³-hybridized carbons (Fsp3) is 0.324. The van der Waals surface area contributed by atoms with E-state index >= 15 is 0 Å². The Labute approximate surface area is 245 Å². The summed E-state index contributed by atoms with van der Waals surface area (Å²) < 4.78 is 11.4. The van der Waals surface area contributed by atoms with Crippen LogP contribution in [-0.2, 0) is 4.84 Å². The molecule has 0 amide bonds. The van der Waals surface area contributed by atoms with E-state index in [0.29, 0.717) is 34.9 Å². The molecule has 216 valence electrons. The molecule has 0 aliphatic rings. The normalized spacial score (nSPS) is 11.2. The van der Waals surface area contributed by atoms with Crippen molar-refractivity contribution in [3.8, 4) is 30.4 Å². The summed E-state index contributed by atoms with van der Waals surface area (Å²) >= 11 is 0. The second-order valence-corrected chi connectivity index (χ2v) is 9.11. The Hall–Kier alpha value is -4.75. The predicted molar refractivity (Wildman–Crippen MR) is 171 cm³/mol. The van der Waals surface area contributed by atoms with Crippen molar-refractivity contribution in [3.63, 3.8) is 0 Å². The first-order chi connectivity index (χ1) is 19.8. The molecule has 0 radical (unpaired) electrons. The second kappa shape index (κ2) is 18.5. The van der Waals surface area contributed by atoms with Gasteiger partial charge in [-0.2, -0.15) is 5.26 Å². The maximum Gasteiger partial charge on any atom is 0.163 e. The lowest BCUT2D eigenvalue weighted by Gasteiger charge is -2.17. The third kappa shape index (κ3) is 10.7. The van der Waals surface area contributed by atoms with Gasteiger partial charge in [-0.05, 0) is 77.3 Å². The van der Waals surface area contributed by atoms with Gasteiger partial charge in [0.15, 0.2) is 11.5 Å². The quantitative estimate of drug-likeness (QED) is 0.117. The fourth-order valence-electron chi connectivity index (χ4n) is 3.47. The van der Waals surface area contributed by atoms with E-state index in [1.165, 1.54) is 0 Å². The molecule has 1 heterocycles. The van der Waals surface area contributed by atoms with Gasteiger partial charge in [0.25, 0.3) is 0 Å². The van der Waals surface area contributed by atoms with E-state index < -0.39 is 0 Å². The monoisotopic (exact) mass is 554 g/mol. The average molecular weight is 555 g/mol. The van der Waals surface area contributed by atoms with Crippen LogP contribution >= 0.6 is 0 Å². The molecule has 1 N–H and O–H groups in total. The molecule has 1 aromatic heterocycles. The summed E-state index contributed by atoms with van der Waals surface area (Å²) in [4.78, 5) is 9.85. The molecule has 0 unspecified atom stereocenters. The van der Waals surface area contributed by atoms with E-state index in [1.807, 2.05) is 84.0 Å². The smallest absolute Gasteiger partial charge is 0.163 e. The van der Waals surface area contributed by atoms with E-state index in [-0.39, 0.29) is 6.10 Å². The molecular weight excluding hydrogens is 512 g/mol. The van der Waals surface area contributed by atoms with Crippen molar-refractivity contribution in [2.75, 3.05) is 19.0 Å². The number of pyridine rings is 1. The average Bonchev–Trinajstić information content (AvgIpc) is 2.98. The van der Waals surface area contributed by atoms with Gasteiger partial charge < -0.3 is 19.6 Å². The second-order valence-electron chi connectivity index (χ2n) is 9.11. The number of hydrogen-bond donors (Lipinski definition) is 1. The standard InChI is InChI=1S/C27H30N4O3.C5H10.C2H2/c1-7-18(4)16-33-31-19(5)20-8-10-22(11-9-20)30-27-21(14-28)15-29-24-13-26(34-17(2)3)25(32-6)12-23(24)27;1-3-5-4-2;1-2/h7-13,15,17H,16H2,1-6H3,(H,29,30);3,5H,4H2,1-2H3;1-2H/b18-7+,31-19+;5-3-;. The summed E-state index contributed by atoms with van der Waals surface area (Å²) in [6.07, 6.45) is 16.9. The largest absolute Gasteiger partial charge is 0.493 e. The fourth-order valence-corrected chi connectivity index (χ4v) is 3.47. The van der Waals surface area contributed by atoms with Crippen LogP contribution in [0.3, 0.4) is 0 Å². The molecule has 3 rings (SSSR count). The van der Waals surface area contributed by atoms with Crippen LogP contribution in [0.15, 0.2) is 71.6 Å². The summed E-state index contributed by atoms with van der Waals surface area (Å²) in [5.41, 5.74) is 5.46. The third-order valence-corrected chi connectivity index (χ3v) is 5.67. The van der Waals surface area contributed by atoms with E-state index in [9.17, 15) is 5.26 Å². The Morgan fingerprint density at radius 1 is 1.12 bits per heavy atom. The van der Waals surface area contributed by atoms with Gasteiger partial charge >= 0.3 is 0 Å². The molecule has 0 fully saturated rings. The molecule has 7 nitrogen and oxygen atoms in total. The van der Waals surface area contributed by atoms with E-state index in [4.69, 9.17) is 14.3 Å². The molecule has 0 saturated carbocycles. The topological polar surface area (TPSA) is 88.8 Å². The SMILES string of the molecule is C#C.C/C=C(\C)CO/N=C(\C)c1ccc(Nc2c(C#N)cnc3cc(OC(C)C)c(OC)cc23)cc1.C/C=C\CC. The zero-order valence-corrected chi connectivity index (χ0v) is 25.5. The lowest BCUT2D eigenvalue weighted by Crippen LogP contribution is -2.07. The first kappa shape index (κ1) is 34.3. The van der Waals surface area contributed by atoms with Gasteiger partial charge in [-0.3, -0.25) is 4.98 Å². The van der Waals surface area contributed by atoms with E-state index in [2.05, 4.69) is 53.4 Å². The first-order valence-electron chi connectivity index (χ1n) is 13.5. The van der Waals surface area contributed by atoms with Crippen LogP contribution < -0.4 is 14.8 Å². The maximum atomic E-state index is 9.69. The van der Waals surface area contributed by atoms with Crippen LogP contribution in [0.5, 0.6) is 11.5 Å². The van der Waals surface area contributed by atoms with E-state index in [0.717, 1.165) is 34.3 Å². The first-order valence-corrected chi connectivity index (χ1v) is 13.5. The third-order valence-electron chi connectivity index (χ3n) is 5.67. The number of benzene rings is 2. The predicted octanol–water partition coefficient (Wildman–Crippen LogP) is 8.57. The highest BCUT2D eigenvalue weighted by molar-refractivity contribution is 5.99. The molecule has 0 bridgehead atoms. The molecule has 0 aliphatic heterocycles. The molecule has 3 aromatic rings. The van der Waals surface area contributed by atoms with Crippen molar-refractivity contribution in [3.05, 3.63) is 77.5 Å². The van der Waals surface area contributed by atoms with Crippen molar-refractivity contribution in [1.82, 2.24) is 4.98 Å². The van der Waals surface area contributed by atoms with Gasteiger partial charge in [0.05, 0.1) is 35.7 Å². The summed E-state index contributed by atoms with van der Waals surface area (Å²) in [5.74, 6) is 1.19. The highest BCUT2D eigenvalue weighted by Gasteiger charge is 2.15. The van der Waals surface area contributed by atoms with Crippen LogP contribution in [0.4, 0.5) is 11.4 Å². The van der Waals surface area contributed by atoms with Crippen LogP contribution in [0.25, 0.3) is 10.9 Å². The molecule has 0 aliphatic carbocycles. The number of fused-ring (bicyclic) bond motifs is 1. The van der Waals surface area contributed by atoms with Crippen LogP contribution in [0, 0.1) is 24.2 Å². The number of allylic oxidation sites excluding steroid dienone is 3. The number of hydrogen-bond acceptors (Lipinski definition) is 7. The van der Waals surface area contributed by atoms with Crippen molar-refractivity contribution in [2.45, 2.75) is 61.0 Å². The van der Waals surface area contributed by atoms with Crippen LogP contribution in [0.2, 0.25) is 0 Å². The number of rotatable bonds is 10. The Balaban J connectivity index is 0.00000108. The van der Waals surface area contributed by atoms with Gasteiger partial charge in [-0.1, -0.05) is 42.4 Å². The van der Waals surface area contributed by atoms with Crippen LogP contribution in [-0.4, -0.2) is 30.5 Å². The number of ether oxygens (including phenoxy) is 2. The number of aromatic nitrogens is 1. The zero-order valence-electron chi connectivity index (χ0n) is 25.5. The van der Waals surface area contributed by atoms with Crippen molar-refractivity contribution in [2.24, 2.45) is 5.16 Å². The van der Waals surface area contributed by atoms with Gasteiger partial charge in [0.1, 0.15) is 12.7 Å². The number of nitriles is 1.